The molecule has 11 heteroatoms. The number of carbonyl (C=O) groups excluding carboxylic acids is 3. The van der Waals surface area contributed by atoms with Gasteiger partial charge in [-0.15, -0.1) is 0 Å². The van der Waals surface area contributed by atoms with Crippen molar-refractivity contribution < 1.29 is 53.8 Å². The molecule has 1 unspecified atom stereocenters. The normalized spacial score (nSPS) is 51.8. The van der Waals surface area contributed by atoms with Gasteiger partial charge in [-0.25, -0.2) is 0 Å². The van der Waals surface area contributed by atoms with E-state index in [0.717, 1.165) is 18.4 Å². The maximum Gasteiger partial charge on any atom is 0.302 e. The molecule has 0 bridgehead atoms. The van der Waals surface area contributed by atoms with Crippen LogP contribution < -0.4 is 0 Å². The van der Waals surface area contributed by atoms with E-state index >= 15 is 0 Å². The zero-order valence-corrected chi connectivity index (χ0v) is 29.5. The first-order valence-electron chi connectivity index (χ1n) is 17.8. The largest absolute Gasteiger partial charge is 0.462 e. The number of rotatable bonds is 7. The van der Waals surface area contributed by atoms with Crippen LogP contribution in [0.4, 0.5) is 0 Å². The average Bonchev–Trinajstić information content (AvgIpc) is 3.84. The number of fused-ring (bicyclic) bond motifs is 2. The second kappa shape index (κ2) is 10.7. The molecule has 268 valence electrons. The van der Waals surface area contributed by atoms with Crippen LogP contribution in [0.25, 0.3) is 0 Å². The van der Waals surface area contributed by atoms with Crippen LogP contribution in [-0.4, -0.2) is 99.2 Å². The maximum atomic E-state index is 14.3. The van der Waals surface area contributed by atoms with Gasteiger partial charge in [0, 0.05) is 35.5 Å². The van der Waals surface area contributed by atoms with Crippen LogP contribution in [0.1, 0.15) is 93.9 Å². The monoisotopic (exact) mass is 674 g/mol. The molecule has 4 N–H and O–H groups in total. The number of ketones is 2. The van der Waals surface area contributed by atoms with E-state index in [1.54, 1.807) is 0 Å². The maximum absolute atomic E-state index is 14.3. The van der Waals surface area contributed by atoms with Crippen molar-refractivity contribution in [3.8, 4) is 0 Å². The minimum Gasteiger partial charge on any atom is -0.462 e. The fraction of sp³-hybridized carbons (Fsp3) is 0.865. The average molecular weight is 675 g/mol. The Hall–Kier alpha value is -1.73. The third-order valence-electron chi connectivity index (χ3n) is 14.9. The van der Waals surface area contributed by atoms with Crippen molar-refractivity contribution in [3.05, 3.63) is 11.6 Å². The minimum atomic E-state index is -1.37. The van der Waals surface area contributed by atoms with E-state index in [4.69, 9.17) is 18.9 Å². The Balaban J connectivity index is 1.22. The SMILES string of the molecule is CC(=O)O[C@@H]1C[C@@]23C[C@@]24CC[C@H](O[C@@H]2OC[C@H](O)[C@H](O)[C@H]2O)C(C)(C)C4CC=C3[C@]2(C)[C@@H](O)C(=O)[C@H]([C@H](C)CC(=O)[C@@H]3OC3(C)C)[C@@]12C. The predicted molar refractivity (Wildman–Crippen MR) is 170 cm³/mol. The van der Waals surface area contributed by atoms with E-state index < -0.39 is 77.1 Å². The highest BCUT2D eigenvalue weighted by Crippen LogP contribution is 2.88. The first-order chi connectivity index (χ1) is 22.2. The smallest absolute Gasteiger partial charge is 0.302 e. The van der Waals surface area contributed by atoms with Gasteiger partial charge < -0.3 is 39.4 Å². The Morgan fingerprint density at radius 1 is 1.04 bits per heavy atom. The zero-order valence-electron chi connectivity index (χ0n) is 29.5. The van der Waals surface area contributed by atoms with Crippen molar-refractivity contribution in [1.82, 2.24) is 0 Å². The van der Waals surface area contributed by atoms with Crippen LogP contribution in [0.5, 0.6) is 0 Å². The summed E-state index contributed by atoms with van der Waals surface area (Å²) in [5.41, 5.74) is -2.31. The number of epoxide rings is 1. The predicted octanol–water partition coefficient (Wildman–Crippen LogP) is 2.63. The molecule has 2 aliphatic heterocycles. The number of ether oxygens (including phenoxy) is 4. The molecular formula is C37H54O11. The lowest BCUT2D eigenvalue weighted by Gasteiger charge is -2.61. The van der Waals surface area contributed by atoms with Gasteiger partial charge in [0.05, 0.1) is 18.3 Å². The minimum absolute atomic E-state index is 0.0535. The van der Waals surface area contributed by atoms with Crippen molar-refractivity contribution in [2.45, 2.75) is 149 Å². The Morgan fingerprint density at radius 3 is 2.33 bits per heavy atom. The summed E-state index contributed by atoms with van der Waals surface area (Å²) in [6, 6.07) is 0. The molecule has 15 atom stereocenters. The number of allylic oxidation sites excluding steroid dienone is 1. The van der Waals surface area contributed by atoms with Crippen LogP contribution in [0.15, 0.2) is 11.6 Å². The van der Waals surface area contributed by atoms with Gasteiger partial charge in [0.2, 0.25) is 0 Å². The molecule has 2 heterocycles. The fourth-order valence-electron chi connectivity index (χ4n) is 12.2. The molecule has 5 aliphatic carbocycles. The Kier molecular flexibility index (Phi) is 7.70. The molecule has 0 aromatic rings. The van der Waals surface area contributed by atoms with Gasteiger partial charge in [0.15, 0.2) is 17.9 Å². The standard InChI is InChI=1S/C37H54O11/c1-17(13-19(39)30-33(5,6)48-30)25-27(42)29(44)34(7)22-10-9-21-32(3,4)23(47-31-28(43)26(41)20(40)15-45-31)11-12-36(21)16-37(22,36)14-24(35(25,34)8)46-18(2)38/h10,17,20-21,23-26,28-31,40-41,43-44H,9,11-16H2,1-8H3/t17-,20+,21?,23+,24-,25+,26+,28-,29+,30+,31+,34-,35-,36-,37+/m1/s1. The van der Waals surface area contributed by atoms with Crippen LogP contribution in [0, 0.1) is 44.8 Å². The lowest BCUT2D eigenvalue weighted by Crippen LogP contribution is -2.61. The summed E-state index contributed by atoms with van der Waals surface area (Å²) in [5, 5.41) is 42.9. The molecular weight excluding hydrogens is 620 g/mol. The van der Waals surface area contributed by atoms with Crippen LogP contribution >= 0.6 is 0 Å². The number of carbonyl (C=O) groups is 3. The topological polar surface area (TPSA) is 172 Å². The quantitative estimate of drug-likeness (QED) is 0.178. The molecule has 7 rings (SSSR count). The summed E-state index contributed by atoms with van der Waals surface area (Å²) in [6.07, 6.45) is -1.81. The molecule has 0 radical (unpaired) electrons. The molecule has 4 saturated carbocycles. The molecule has 2 saturated heterocycles. The number of hydrogen-bond donors (Lipinski definition) is 4. The van der Waals surface area contributed by atoms with Gasteiger partial charge in [-0.1, -0.05) is 46.3 Å². The lowest BCUT2D eigenvalue weighted by atomic mass is 9.44. The van der Waals surface area contributed by atoms with Gasteiger partial charge in [-0.05, 0) is 68.6 Å². The van der Waals surface area contributed by atoms with E-state index in [-0.39, 0.29) is 52.9 Å². The van der Waals surface area contributed by atoms with Gasteiger partial charge in [0.1, 0.15) is 36.6 Å². The number of aliphatic hydroxyl groups is 4. The van der Waals surface area contributed by atoms with Crippen molar-refractivity contribution in [3.63, 3.8) is 0 Å². The molecule has 6 fully saturated rings. The number of esters is 1. The van der Waals surface area contributed by atoms with Crippen LogP contribution in [0.3, 0.4) is 0 Å². The first-order valence-corrected chi connectivity index (χ1v) is 17.8. The van der Waals surface area contributed by atoms with E-state index in [2.05, 4.69) is 19.9 Å². The molecule has 48 heavy (non-hydrogen) atoms. The van der Waals surface area contributed by atoms with E-state index in [1.807, 2.05) is 34.6 Å². The zero-order chi connectivity index (χ0) is 35.1. The molecule has 0 aromatic carbocycles. The summed E-state index contributed by atoms with van der Waals surface area (Å²) < 4.78 is 23.8. The molecule has 0 amide bonds. The summed E-state index contributed by atoms with van der Waals surface area (Å²) in [4.78, 5) is 40.3. The third-order valence-corrected chi connectivity index (χ3v) is 14.9. The van der Waals surface area contributed by atoms with E-state index in [0.29, 0.717) is 19.3 Å². The van der Waals surface area contributed by atoms with Crippen LogP contribution in [0.2, 0.25) is 0 Å². The summed E-state index contributed by atoms with van der Waals surface area (Å²) in [6.45, 7) is 15.2. The van der Waals surface area contributed by atoms with Gasteiger partial charge >= 0.3 is 5.97 Å². The molecule has 2 spiro atoms. The molecule has 0 aromatic heterocycles. The Morgan fingerprint density at radius 2 is 1.71 bits per heavy atom. The van der Waals surface area contributed by atoms with Gasteiger partial charge in [0.25, 0.3) is 0 Å². The first kappa shape index (κ1) is 34.7. The van der Waals surface area contributed by atoms with Crippen LogP contribution in [-0.2, 0) is 33.3 Å². The summed E-state index contributed by atoms with van der Waals surface area (Å²) in [7, 11) is 0. The summed E-state index contributed by atoms with van der Waals surface area (Å²) in [5.74, 6) is -1.73. The number of Topliss-reactive ketones (excluding diaryl/α,β-unsaturated/α-hetero) is 2. The van der Waals surface area contributed by atoms with E-state index in [1.165, 1.54) is 6.92 Å². The highest BCUT2D eigenvalue weighted by molar-refractivity contribution is 5.93. The lowest BCUT2D eigenvalue weighted by molar-refractivity contribution is -0.301. The number of aliphatic hydroxyl groups excluding tert-OH is 4. The number of hydrogen-bond acceptors (Lipinski definition) is 11. The highest BCUT2D eigenvalue weighted by atomic mass is 16.7. The third kappa shape index (κ3) is 4.34. The highest BCUT2D eigenvalue weighted by Gasteiger charge is 2.85. The van der Waals surface area contributed by atoms with E-state index in [9.17, 15) is 34.8 Å². The molecule has 11 nitrogen and oxygen atoms in total. The second-order valence-electron chi connectivity index (χ2n) is 17.9. The fourth-order valence-corrected chi connectivity index (χ4v) is 12.2. The van der Waals surface area contributed by atoms with Crippen molar-refractivity contribution in [2.24, 2.45) is 44.8 Å². The second-order valence-corrected chi connectivity index (χ2v) is 17.9. The summed E-state index contributed by atoms with van der Waals surface area (Å²) >= 11 is 0. The van der Waals surface area contributed by atoms with Gasteiger partial charge in [-0.2, -0.15) is 0 Å². The van der Waals surface area contributed by atoms with Crippen molar-refractivity contribution in [2.75, 3.05) is 6.61 Å². The van der Waals surface area contributed by atoms with Gasteiger partial charge in [-0.3, -0.25) is 14.4 Å². The molecule has 7 aliphatic rings. The van der Waals surface area contributed by atoms with Crippen molar-refractivity contribution >= 4 is 17.5 Å². The Bertz CT molecular complexity index is 1440. The van der Waals surface area contributed by atoms with Crippen molar-refractivity contribution in [1.29, 1.82) is 0 Å². The Labute approximate surface area is 282 Å².